The van der Waals surface area contributed by atoms with Crippen LogP contribution in [-0.2, 0) is 0 Å². The molecular formula is C45H45ClN10O2S. The van der Waals surface area contributed by atoms with E-state index in [0.29, 0.717) is 27.9 Å². The second-order valence-corrected chi connectivity index (χ2v) is 18.1. The monoisotopic (exact) mass is 824 g/mol. The van der Waals surface area contributed by atoms with E-state index in [-0.39, 0.29) is 29.5 Å². The average Bonchev–Trinajstić information content (AvgIpc) is 3.72. The quantitative estimate of drug-likeness (QED) is 0.168. The van der Waals surface area contributed by atoms with E-state index < -0.39 is 0 Å². The summed E-state index contributed by atoms with van der Waals surface area (Å²) in [6.45, 7) is 10.2. The Kier molecular flexibility index (Phi) is 10.4. The molecule has 300 valence electrons. The van der Waals surface area contributed by atoms with Crippen molar-refractivity contribution in [1.82, 2.24) is 35.3 Å². The fourth-order valence-electron chi connectivity index (χ4n) is 9.12. The van der Waals surface area contributed by atoms with Crippen LogP contribution in [0.2, 0.25) is 5.02 Å². The Bertz CT molecular complexity index is 2550. The number of rotatable bonds is 6. The number of aromatic nitrogens is 6. The number of ether oxygens (including phenoxy) is 1. The number of nitrogens with zero attached hydrogens (tertiary/aromatic N) is 9. The molecule has 1 saturated heterocycles. The Balaban J connectivity index is 0.772. The van der Waals surface area contributed by atoms with Crippen molar-refractivity contribution in [2.24, 2.45) is 16.3 Å². The first-order valence-corrected chi connectivity index (χ1v) is 21.6. The van der Waals surface area contributed by atoms with Gasteiger partial charge < -0.3 is 15.0 Å². The van der Waals surface area contributed by atoms with Crippen LogP contribution < -0.4 is 15.0 Å². The highest BCUT2D eigenvalue weighted by Gasteiger charge is 2.46. The number of halogens is 1. The number of carbonyl (C=O) groups is 1. The number of piperidine rings is 1. The van der Waals surface area contributed by atoms with Crippen LogP contribution in [0.25, 0.3) is 5.00 Å². The second kappa shape index (κ2) is 15.9. The summed E-state index contributed by atoms with van der Waals surface area (Å²) in [5.41, 5.74) is 5.91. The first-order chi connectivity index (χ1) is 28.6. The zero-order valence-electron chi connectivity index (χ0n) is 33.6. The van der Waals surface area contributed by atoms with Gasteiger partial charge in [-0.3, -0.25) is 19.3 Å². The zero-order valence-corrected chi connectivity index (χ0v) is 35.2. The number of aliphatic imine (C=N–C) groups is 1. The average molecular weight is 825 g/mol. The number of aryl methyl sites for hydroxylation is 2. The standard InChI is InChI=1S/C45H45ClN10O2S/c1-26-28(3)59-44-40(26)41(49-27(2)42-54-51-29(4)56(42)44)37-15-8-30(24-48-37)6-7-31-21-45(22-31)18-5-19-55(25-45)39-17-16-38(52-53-39)43(57)50-33-10-13-34(14-11-33)58-35-12-9-32(23-47)36(46)20-35/h8-9,12,15-17,20,24,27,31,33-34H,5,10-11,13-14,18-19,21-22,25H2,1-4H3,(H,50,57)/t27-,31?,33-,34-,45?/m0/s1. The molecule has 1 amide bonds. The van der Waals surface area contributed by atoms with Crippen molar-refractivity contribution in [3.05, 3.63) is 104 Å². The fraction of sp³-hybridized carbons (Fsp3) is 0.422. The molecular weight excluding hydrogens is 780 g/mol. The number of thiophene rings is 1. The molecule has 0 unspecified atom stereocenters. The van der Waals surface area contributed by atoms with Gasteiger partial charge in [0.2, 0.25) is 0 Å². The Morgan fingerprint density at radius 3 is 2.59 bits per heavy atom. The maximum Gasteiger partial charge on any atom is 0.272 e. The van der Waals surface area contributed by atoms with Crippen molar-refractivity contribution in [2.75, 3.05) is 18.0 Å². The Morgan fingerprint density at radius 2 is 1.86 bits per heavy atom. The molecule has 9 rings (SSSR count). The predicted molar refractivity (Wildman–Crippen MR) is 228 cm³/mol. The maximum atomic E-state index is 13.1. The summed E-state index contributed by atoms with van der Waals surface area (Å²) in [7, 11) is 0. The number of amides is 1. The Hall–Kier alpha value is -5.63. The Labute approximate surface area is 353 Å². The van der Waals surface area contributed by atoms with Crippen LogP contribution in [0.1, 0.15) is 119 Å². The van der Waals surface area contributed by atoms with Gasteiger partial charge in [-0.2, -0.15) is 5.26 Å². The largest absolute Gasteiger partial charge is 0.490 e. The van der Waals surface area contributed by atoms with Crippen LogP contribution in [-0.4, -0.2) is 66.8 Å². The molecule has 1 spiro atoms. The van der Waals surface area contributed by atoms with E-state index in [9.17, 15) is 4.79 Å². The van der Waals surface area contributed by atoms with E-state index >= 15 is 0 Å². The third kappa shape index (κ3) is 7.70. The summed E-state index contributed by atoms with van der Waals surface area (Å²) in [4.78, 5) is 26.7. The van der Waals surface area contributed by atoms with E-state index in [1.165, 1.54) is 16.9 Å². The van der Waals surface area contributed by atoms with Crippen molar-refractivity contribution in [3.63, 3.8) is 0 Å². The zero-order chi connectivity index (χ0) is 40.8. The first-order valence-electron chi connectivity index (χ1n) is 20.4. The van der Waals surface area contributed by atoms with Crippen molar-refractivity contribution >= 4 is 40.4 Å². The van der Waals surface area contributed by atoms with Gasteiger partial charge in [0, 0.05) is 53.3 Å². The third-order valence-corrected chi connectivity index (χ3v) is 13.9. The normalized spacial score (nSPS) is 23.4. The molecule has 0 radical (unpaired) electrons. The second-order valence-electron chi connectivity index (χ2n) is 16.5. The van der Waals surface area contributed by atoms with Crippen LogP contribution >= 0.6 is 22.9 Å². The van der Waals surface area contributed by atoms with Gasteiger partial charge >= 0.3 is 0 Å². The van der Waals surface area contributed by atoms with Crippen LogP contribution in [0.3, 0.4) is 0 Å². The van der Waals surface area contributed by atoms with Crippen LogP contribution in [0, 0.1) is 55.3 Å². The predicted octanol–water partition coefficient (Wildman–Crippen LogP) is 8.04. The molecule has 2 saturated carbocycles. The minimum atomic E-state index is -0.205. The van der Waals surface area contributed by atoms with Crippen molar-refractivity contribution in [1.29, 1.82) is 5.26 Å². The molecule has 4 aliphatic rings. The van der Waals surface area contributed by atoms with Gasteiger partial charge in [0.1, 0.15) is 28.7 Å². The summed E-state index contributed by atoms with van der Waals surface area (Å²) in [6, 6.07) is 14.9. The topological polar surface area (TPSA) is 147 Å². The third-order valence-electron chi connectivity index (χ3n) is 12.4. The van der Waals surface area contributed by atoms with E-state index in [2.05, 4.69) is 79.9 Å². The van der Waals surface area contributed by atoms with Gasteiger partial charge in [-0.25, -0.2) is 0 Å². The van der Waals surface area contributed by atoms with Gasteiger partial charge in [0.15, 0.2) is 17.3 Å². The molecule has 59 heavy (non-hydrogen) atoms. The molecule has 5 aromatic rings. The lowest BCUT2D eigenvalue weighted by Gasteiger charge is -2.51. The Morgan fingerprint density at radius 1 is 1.03 bits per heavy atom. The lowest BCUT2D eigenvalue weighted by Crippen LogP contribution is -2.50. The summed E-state index contributed by atoms with van der Waals surface area (Å²) in [6.07, 6.45) is 9.50. The summed E-state index contributed by atoms with van der Waals surface area (Å²) >= 11 is 7.92. The summed E-state index contributed by atoms with van der Waals surface area (Å²) in [5, 5.41) is 31.4. The number of fused-ring (bicyclic) bond motifs is 3. The van der Waals surface area contributed by atoms with Gasteiger partial charge in [0.05, 0.1) is 28.1 Å². The number of hydrogen-bond acceptors (Lipinski definition) is 11. The molecule has 12 nitrogen and oxygen atoms in total. The SMILES string of the molecule is Cc1sc2c(c1C)C(c1ccc(C#CC3CC4(CCCN(c5ccc(C(=O)N[C@H]6CC[C@H](Oc7ccc(C#N)c(Cl)c7)CC6)nn5)C4)C3)cn1)=N[C@@H](C)c1nnc(C)n1-2. The smallest absolute Gasteiger partial charge is 0.272 e. The van der Waals surface area contributed by atoms with E-state index in [1.54, 1.807) is 35.6 Å². The highest BCUT2D eigenvalue weighted by molar-refractivity contribution is 7.15. The highest BCUT2D eigenvalue weighted by atomic mass is 35.5. The number of pyridine rings is 1. The number of carbonyl (C=O) groups excluding carboxylic acids is 1. The van der Waals surface area contributed by atoms with Crippen LogP contribution in [0.15, 0.2) is 53.7 Å². The lowest BCUT2D eigenvalue weighted by atomic mass is 9.58. The van der Waals surface area contributed by atoms with Gasteiger partial charge in [-0.05, 0) is 126 Å². The number of nitrogens with one attached hydrogen (secondary N) is 1. The summed E-state index contributed by atoms with van der Waals surface area (Å²) in [5.74, 6) is 10.3. The molecule has 1 atom stereocenters. The first kappa shape index (κ1) is 38.9. The molecule has 3 fully saturated rings. The fourth-order valence-corrected chi connectivity index (χ4v) is 10.6. The lowest BCUT2D eigenvalue weighted by molar-refractivity contribution is 0.0684. The molecule has 14 heteroatoms. The minimum Gasteiger partial charge on any atom is -0.490 e. The van der Waals surface area contributed by atoms with E-state index in [0.717, 1.165) is 103 Å². The number of nitriles is 1. The van der Waals surface area contributed by atoms with Gasteiger partial charge in [-0.1, -0.05) is 23.4 Å². The van der Waals surface area contributed by atoms with Crippen LogP contribution in [0.5, 0.6) is 5.75 Å². The molecule has 4 aromatic heterocycles. The molecule has 0 bridgehead atoms. The van der Waals surface area contributed by atoms with Crippen molar-refractivity contribution in [3.8, 4) is 28.7 Å². The van der Waals surface area contributed by atoms with Crippen molar-refractivity contribution in [2.45, 2.75) is 97.2 Å². The number of hydrogen-bond donors (Lipinski definition) is 1. The molecule has 6 heterocycles. The maximum absolute atomic E-state index is 13.1. The molecule has 1 aromatic carbocycles. The van der Waals surface area contributed by atoms with E-state index in [4.69, 9.17) is 31.6 Å². The van der Waals surface area contributed by atoms with Crippen LogP contribution in [0.4, 0.5) is 5.82 Å². The number of anilines is 1. The molecule has 2 aliphatic heterocycles. The van der Waals surface area contributed by atoms with Gasteiger partial charge in [0.25, 0.3) is 5.91 Å². The van der Waals surface area contributed by atoms with Gasteiger partial charge in [-0.15, -0.1) is 31.7 Å². The van der Waals surface area contributed by atoms with Crippen molar-refractivity contribution < 1.29 is 9.53 Å². The molecule has 1 N–H and O–H groups in total. The number of benzene rings is 1. The minimum absolute atomic E-state index is 0.0322. The summed E-state index contributed by atoms with van der Waals surface area (Å²) < 4.78 is 8.25. The molecule has 2 aliphatic carbocycles. The highest BCUT2D eigenvalue weighted by Crippen LogP contribution is 2.51. The van der Waals surface area contributed by atoms with E-state index in [1.807, 2.05) is 25.3 Å².